The van der Waals surface area contributed by atoms with E-state index in [1.54, 1.807) is 30.3 Å². The fourth-order valence-electron chi connectivity index (χ4n) is 2.48. The van der Waals surface area contributed by atoms with Gasteiger partial charge < -0.3 is 4.98 Å². The van der Waals surface area contributed by atoms with Crippen LogP contribution in [0.2, 0.25) is 0 Å². The van der Waals surface area contributed by atoms with Gasteiger partial charge in [-0.1, -0.05) is 47.7 Å². The molecule has 2 aromatic heterocycles. The van der Waals surface area contributed by atoms with Gasteiger partial charge in [-0.2, -0.15) is 0 Å². The second kappa shape index (κ2) is 4.63. The average Bonchev–Trinajstić information content (AvgIpc) is 3.01. The molecule has 0 saturated carbocycles. The molecule has 0 spiro atoms. The van der Waals surface area contributed by atoms with Gasteiger partial charge in [0.15, 0.2) is 11.2 Å². The number of aromatic nitrogens is 4. The van der Waals surface area contributed by atoms with Gasteiger partial charge in [0.2, 0.25) is 5.78 Å². The van der Waals surface area contributed by atoms with Crippen molar-refractivity contribution >= 4 is 22.3 Å². The van der Waals surface area contributed by atoms with Gasteiger partial charge in [-0.15, -0.1) is 5.10 Å². The normalized spacial score (nSPS) is 11.1. The van der Waals surface area contributed by atoms with E-state index in [4.69, 9.17) is 0 Å². The van der Waals surface area contributed by atoms with Crippen molar-refractivity contribution in [2.24, 2.45) is 0 Å². The Hall–Kier alpha value is -3.28. The Morgan fingerprint density at radius 3 is 2.55 bits per heavy atom. The SMILES string of the molecule is O=C(c1ccccc1)c1nnn2c1c(=O)[nH]c1ccccc12. The molecular formula is C16H10N4O2. The molecule has 6 heteroatoms. The minimum Gasteiger partial charge on any atom is -0.319 e. The van der Waals surface area contributed by atoms with Gasteiger partial charge in [0.25, 0.3) is 5.56 Å². The number of hydrogen-bond acceptors (Lipinski definition) is 4. The van der Waals surface area contributed by atoms with E-state index in [2.05, 4.69) is 15.3 Å². The van der Waals surface area contributed by atoms with Crippen LogP contribution in [0.15, 0.2) is 59.4 Å². The molecule has 0 amide bonds. The zero-order valence-electron chi connectivity index (χ0n) is 11.4. The quantitative estimate of drug-likeness (QED) is 0.571. The van der Waals surface area contributed by atoms with Gasteiger partial charge in [-0.3, -0.25) is 9.59 Å². The summed E-state index contributed by atoms with van der Waals surface area (Å²) in [5.41, 5.74) is 1.63. The molecule has 4 rings (SSSR count). The highest BCUT2D eigenvalue weighted by Crippen LogP contribution is 2.15. The fourth-order valence-corrected chi connectivity index (χ4v) is 2.48. The number of para-hydroxylation sites is 2. The first-order valence-electron chi connectivity index (χ1n) is 6.72. The van der Waals surface area contributed by atoms with Crippen LogP contribution in [0, 0.1) is 0 Å². The molecule has 2 heterocycles. The third-order valence-corrected chi connectivity index (χ3v) is 3.52. The van der Waals surface area contributed by atoms with Gasteiger partial charge in [0.05, 0.1) is 11.0 Å². The second-order valence-corrected chi connectivity index (χ2v) is 4.86. The lowest BCUT2D eigenvalue weighted by molar-refractivity contribution is 0.103. The van der Waals surface area contributed by atoms with Crippen LogP contribution >= 0.6 is 0 Å². The lowest BCUT2D eigenvalue weighted by atomic mass is 10.1. The summed E-state index contributed by atoms with van der Waals surface area (Å²) in [5.74, 6) is -0.323. The third-order valence-electron chi connectivity index (χ3n) is 3.52. The lowest BCUT2D eigenvalue weighted by Gasteiger charge is -2.00. The van der Waals surface area contributed by atoms with E-state index in [9.17, 15) is 9.59 Å². The molecule has 0 fully saturated rings. The molecule has 0 radical (unpaired) electrons. The van der Waals surface area contributed by atoms with Crippen molar-refractivity contribution in [2.75, 3.05) is 0 Å². The molecule has 1 N–H and O–H groups in total. The summed E-state index contributed by atoms with van der Waals surface area (Å²) >= 11 is 0. The van der Waals surface area contributed by atoms with Crippen molar-refractivity contribution in [2.45, 2.75) is 0 Å². The van der Waals surface area contributed by atoms with Gasteiger partial charge in [0, 0.05) is 5.56 Å². The molecule has 0 aliphatic rings. The highest BCUT2D eigenvalue weighted by atomic mass is 16.1. The number of nitrogens with one attached hydrogen (secondary N) is 1. The largest absolute Gasteiger partial charge is 0.319 e. The average molecular weight is 290 g/mol. The van der Waals surface area contributed by atoms with Crippen LogP contribution in [-0.2, 0) is 0 Å². The summed E-state index contributed by atoms with van der Waals surface area (Å²) < 4.78 is 1.41. The Morgan fingerprint density at radius 2 is 1.73 bits per heavy atom. The minimum absolute atomic E-state index is 0.0539. The minimum atomic E-state index is -0.386. The van der Waals surface area contributed by atoms with Crippen molar-refractivity contribution < 1.29 is 4.79 Å². The van der Waals surface area contributed by atoms with Crippen molar-refractivity contribution in [3.63, 3.8) is 0 Å². The van der Waals surface area contributed by atoms with Crippen LogP contribution in [-0.4, -0.2) is 25.6 Å². The Morgan fingerprint density at radius 1 is 1.00 bits per heavy atom. The molecular weight excluding hydrogens is 280 g/mol. The topological polar surface area (TPSA) is 80.1 Å². The molecule has 4 aromatic rings. The number of fused-ring (bicyclic) bond motifs is 3. The van der Waals surface area contributed by atoms with E-state index in [0.717, 1.165) is 0 Å². The molecule has 0 bridgehead atoms. The Balaban J connectivity index is 2.03. The first kappa shape index (κ1) is 12.5. The van der Waals surface area contributed by atoms with Gasteiger partial charge in [0.1, 0.15) is 0 Å². The van der Waals surface area contributed by atoms with Crippen molar-refractivity contribution in [1.82, 2.24) is 19.8 Å². The first-order chi connectivity index (χ1) is 10.8. The zero-order chi connectivity index (χ0) is 15.1. The van der Waals surface area contributed by atoms with E-state index in [-0.39, 0.29) is 22.6 Å². The number of carbonyl (C=O) groups excluding carboxylic acids is 1. The number of benzene rings is 2. The van der Waals surface area contributed by atoms with E-state index < -0.39 is 0 Å². The fraction of sp³-hybridized carbons (Fsp3) is 0. The van der Waals surface area contributed by atoms with E-state index in [1.165, 1.54) is 4.52 Å². The number of H-pyrrole nitrogens is 1. The van der Waals surface area contributed by atoms with Crippen molar-refractivity contribution in [1.29, 1.82) is 0 Å². The zero-order valence-corrected chi connectivity index (χ0v) is 11.4. The van der Waals surface area contributed by atoms with Crippen molar-refractivity contribution in [3.8, 4) is 0 Å². The maximum absolute atomic E-state index is 12.5. The molecule has 0 aliphatic heterocycles. The highest BCUT2D eigenvalue weighted by Gasteiger charge is 2.20. The number of rotatable bonds is 2. The summed E-state index contributed by atoms with van der Waals surface area (Å²) in [6.07, 6.45) is 0. The lowest BCUT2D eigenvalue weighted by Crippen LogP contribution is -2.14. The molecule has 106 valence electrons. The number of hydrogen-bond donors (Lipinski definition) is 1. The summed E-state index contributed by atoms with van der Waals surface area (Å²) in [6.45, 7) is 0. The predicted molar refractivity (Wildman–Crippen MR) is 81.0 cm³/mol. The Bertz CT molecular complexity index is 1060. The van der Waals surface area contributed by atoms with Gasteiger partial charge in [-0.05, 0) is 12.1 Å². The number of ketones is 1. The van der Waals surface area contributed by atoms with Crippen LogP contribution in [0.25, 0.3) is 16.6 Å². The third kappa shape index (κ3) is 1.74. The summed E-state index contributed by atoms with van der Waals surface area (Å²) in [4.78, 5) is 27.6. The molecule has 0 saturated heterocycles. The monoisotopic (exact) mass is 290 g/mol. The van der Waals surface area contributed by atoms with E-state index in [1.807, 2.05) is 24.3 Å². The van der Waals surface area contributed by atoms with Crippen molar-refractivity contribution in [3.05, 3.63) is 76.2 Å². The molecule has 0 atom stereocenters. The predicted octanol–water partition coefficient (Wildman–Crippen LogP) is 1.80. The van der Waals surface area contributed by atoms with Crippen LogP contribution in [0.3, 0.4) is 0 Å². The number of nitrogens with zero attached hydrogens (tertiary/aromatic N) is 3. The van der Waals surface area contributed by atoms with Gasteiger partial charge in [-0.25, -0.2) is 4.52 Å². The molecule has 2 aromatic carbocycles. The molecule has 22 heavy (non-hydrogen) atoms. The smallest absolute Gasteiger partial charge is 0.276 e. The van der Waals surface area contributed by atoms with E-state index in [0.29, 0.717) is 16.6 Å². The molecule has 0 unspecified atom stereocenters. The Kier molecular flexibility index (Phi) is 2.62. The number of carbonyl (C=O) groups is 1. The highest BCUT2D eigenvalue weighted by molar-refractivity contribution is 6.11. The summed E-state index contributed by atoms with van der Waals surface area (Å²) in [7, 11) is 0. The first-order valence-corrected chi connectivity index (χ1v) is 6.72. The number of aromatic amines is 1. The van der Waals surface area contributed by atoms with Crippen LogP contribution in [0.5, 0.6) is 0 Å². The maximum Gasteiger partial charge on any atom is 0.276 e. The van der Waals surface area contributed by atoms with Gasteiger partial charge >= 0.3 is 0 Å². The van der Waals surface area contributed by atoms with Crippen LogP contribution in [0.1, 0.15) is 16.1 Å². The molecule has 0 aliphatic carbocycles. The standard InChI is InChI=1S/C16H10N4O2/c21-15(10-6-2-1-3-7-10)13-14-16(22)17-11-8-4-5-9-12(11)20(14)19-18-13/h1-9H,(H,17,22). The van der Waals surface area contributed by atoms with Crippen LogP contribution < -0.4 is 5.56 Å². The molecule has 6 nitrogen and oxygen atoms in total. The second-order valence-electron chi connectivity index (χ2n) is 4.86. The van der Waals surface area contributed by atoms with E-state index >= 15 is 0 Å². The summed E-state index contributed by atoms with van der Waals surface area (Å²) in [5, 5.41) is 7.91. The Labute approximate surface area is 124 Å². The van der Waals surface area contributed by atoms with Crippen LogP contribution in [0.4, 0.5) is 0 Å². The maximum atomic E-state index is 12.5. The summed E-state index contributed by atoms with van der Waals surface area (Å²) in [6, 6.07) is 15.9.